The Bertz CT molecular complexity index is 1120. The van der Waals surface area contributed by atoms with E-state index in [4.69, 9.17) is 4.99 Å². The van der Waals surface area contributed by atoms with Crippen LogP contribution in [0.3, 0.4) is 0 Å². The number of carbonyl (C=O) groups is 2. The fraction of sp³-hybridized carbons (Fsp3) is 0.222. The van der Waals surface area contributed by atoms with Crippen molar-refractivity contribution in [1.29, 1.82) is 0 Å². The minimum atomic E-state index is -0.238. The van der Waals surface area contributed by atoms with Crippen LogP contribution < -0.4 is 10.2 Å². The first-order valence-electron chi connectivity index (χ1n) is 11.0. The molecule has 0 unspecified atom stereocenters. The van der Waals surface area contributed by atoms with Gasteiger partial charge in [0, 0.05) is 5.69 Å². The van der Waals surface area contributed by atoms with Gasteiger partial charge in [0.2, 0.25) is 11.8 Å². The zero-order valence-electron chi connectivity index (χ0n) is 18.3. The molecular weight excluding hydrogens is 398 g/mol. The number of fused-ring (bicyclic) bond motifs is 1. The van der Waals surface area contributed by atoms with Crippen LogP contribution in [0.4, 0.5) is 17.1 Å². The summed E-state index contributed by atoms with van der Waals surface area (Å²) < 4.78 is 0. The predicted octanol–water partition coefficient (Wildman–Crippen LogP) is 5.53. The molecule has 3 aromatic rings. The van der Waals surface area contributed by atoms with Gasteiger partial charge in [-0.1, -0.05) is 67.9 Å². The number of carbonyl (C=O) groups excluding carboxylic acids is 2. The summed E-state index contributed by atoms with van der Waals surface area (Å²) >= 11 is 0. The highest BCUT2D eigenvalue weighted by molar-refractivity contribution is 6.18. The predicted molar refractivity (Wildman–Crippen MR) is 130 cm³/mol. The second-order valence-corrected chi connectivity index (χ2v) is 7.92. The third kappa shape index (κ3) is 5.11. The number of hydrogen-bond acceptors (Lipinski definition) is 3. The molecule has 0 saturated carbocycles. The van der Waals surface area contributed by atoms with Crippen molar-refractivity contribution in [3.63, 3.8) is 0 Å². The SMILES string of the molecule is CCCCc1ccc(NC(=O)CN2C(=O)CC(c3ccccc3)=Nc3ccccc32)cc1. The van der Waals surface area contributed by atoms with Crippen molar-refractivity contribution < 1.29 is 9.59 Å². The van der Waals surface area contributed by atoms with Crippen LogP contribution in [0.15, 0.2) is 83.9 Å². The molecule has 162 valence electrons. The molecule has 4 rings (SSSR count). The maximum Gasteiger partial charge on any atom is 0.244 e. The van der Waals surface area contributed by atoms with Crippen molar-refractivity contribution in [1.82, 2.24) is 0 Å². The number of anilines is 2. The topological polar surface area (TPSA) is 61.8 Å². The van der Waals surface area contributed by atoms with E-state index in [2.05, 4.69) is 12.2 Å². The van der Waals surface area contributed by atoms with Crippen molar-refractivity contribution >= 4 is 34.6 Å². The quantitative estimate of drug-likeness (QED) is 0.541. The number of benzene rings is 3. The Morgan fingerprint density at radius 3 is 2.44 bits per heavy atom. The number of amides is 2. The Hall–Kier alpha value is -3.73. The summed E-state index contributed by atoms with van der Waals surface area (Å²) in [5, 5.41) is 2.92. The largest absolute Gasteiger partial charge is 0.325 e. The Kier molecular flexibility index (Phi) is 6.75. The van der Waals surface area contributed by atoms with Gasteiger partial charge in [-0.05, 0) is 48.2 Å². The molecule has 3 aromatic carbocycles. The molecule has 0 aliphatic carbocycles. The van der Waals surface area contributed by atoms with E-state index in [0.29, 0.717) is 17.1 Å². The highest BCUT2D eigenvalue weighted by atomic mass is 16.2. The van der Waals surface area contributed by atoms with Crippen LogP contribution in [0.5, 0.6) is 0 Å². The van der Waals surface area contributed by atoms with Gasteiger partial charge in [-0.2, -0.15) is 0 Å². The van der Waals surface area contributed by atoms with Crippen LogP contribution in [0.25, 0.3) is 0 Å². The van der Waals surface area contributed by atoms with E-state index >= 15 is 0 Å². The van der Waals surface area contributed by atoms with Crippen molar-refractivity contribution in [2.24, 2.45) is 4.99 Å². The normalized spacial score (nSPS) is 13.2. The summed E-state index contributed by atoms with van der Waals surface area (Å²) in [4.78, 5) is 32.3. The molecule has 32 heavy (non-hydrogen) atoms. The number of rotatable bonds is 7. The summed E-state index contributed by atoms with van der Waals surface area (Å²) in [6.07, 6.45) is 3.47. The lowest BCUT2D eigenvalue weighted by atomic mass is 10.1. The molecule has 1 aliphatic rings. The molecule has 0 fully saturated rings. The third-order valence-corrected chi connectivity index (χ3v) is 5.51. The van der Waals surface area contributed by atoms with E-state index in [1.54, 1.807) is 0 Å². The van der Waals surface area contributed by atoms with Crippen LogP contribution in [0.2, 0.25) is 0 Å². The van der Waals surface area contributed by atoms with Crippen LogP contribution in [0, 0.1) is 0 Å². The second-order valence-electron chi connectivity index (χ2n) is 7.92. The lowest BCUT2D eigenvalue weighted by Gasteiger charge is -2.22. The van der Waals surface area contributed by atoms with Crippen molar-refractivity contribution in [3.8, 4) is 0 Å². The minimum Gasteiger partial charge on any atom is -0.325 e. The average molecular weight is 426 g/mol. The van der Waals surface area contributed by atoms with Crippen LogP contribution in [-0.2, 0) is 16.0 Å². The number of para-hydroxylation sites is 2. The van der Waals surface area contributed by atoms with E-state index in [1.807, 2.05) is 78.9 Å². The maximum atomic E-state index is 13.2. The molecule has 5 nitrogen and oxygen atoms in total. The van der Waals surface area contributed by atoms with Gasteiger partial charge < -0.3 is 10.2 Å². The molecule has 1 N–H and O–H groups in total. The van der Waals surface area contributed by atoms with E-state index in [1.165, 1.54) is 10.5 Å². The fourth-order valence-corrected chi connectivity index (χ4v) is 3.80. The molecule has 1 heterocycles. The van der Waals surface area contributed by atoms with Gasteiger partial charge in [0.25, 0.3) is 0 Å². The average Bonchev–Trinajstić information content (AvgIpc) is 2.96. The molecule has 1 aliphatic heterocycles. The van der Waals surface area contributed by atoms with E-state index < -0.39 is 0 Å². The number of nitrogens with one attached hydrogen (secondary N) is 1. The number of hydrogen-bond donors (Lipinski definition) is 1. The van der Waals surface area contributed by atoms with E-state index in [0.717, 1.165) is 30.5 Å². The van der Waals surface area contributed by atoms with Crippen LogP contribution in [0.1, 0.15) is 37.3 Å². The summed E-state index contributed by atoms with van der Waals surface area (Å²) in [6.45, 7) is 2.11. The van der Waals surface area contributed by atoms with Gasteiger partial charge in [0.15, 0.2) is 0 Å². The van der Waals surface area contributed by atoms with E-state index in [-0.39, 0.29) is 24.8 Å². The van der Waals surface area contributed by atoms with Crippen LogP contribution >= 0.6 is 0 Å². The number of unbranched alkanes of at least 4 members (excludes halogenated alkanes) is 1. The van der Waals surface area contributed by atoms with Crippen molar-refractivity contribution in [2.75, 3.05) is 16.8 Å². The van der Waals surface area contributed by atoms with E-state index in [9.17, 15) is 9.59 Å². The minimum absolute atomic E-state index is 0.0645. The van der Waals surface area contributed by atoms with Crippen LogP contribution in [-0.4, -0.2) is 24.1 Å². The van der Waals surface area contributed by atoms with Gasteiger partial charge >= 0.3 is 0 Å². The summed E-state index contributed by atoms with van der Waals surface area (Å²) in [5.41, 5.74) is 4.93. The first-order valence-corrected chi connectivity index (χ1v) is 11.0. The van der Waals surface area contributed by atoms with Gasteiger partial charge in [-0.15, -0.1) is 0 Å². The second kappa shape index (κ2) is 10.1. The van der Waals surface area contributed by atoms with Crippen molar-refractivity contribution in [3.05, 3.63) is 90.0 Å². The molecule has 0 atom stereocenters. The Morgan fingerprint density at radius 2 is 1.69 bits per heavy atom. The molecule has 0 aromatic heterocycles. The maximum absolute atomic E-state index is 13.2. The monoisotopic (exact) mass is 425 g/mol. The smallest absolute Gasteiger partial charge is 0.244 e. The molecule has 5 heteroatoms. The lowest BCUT2D eigenvalue weighted by molar-refractivity contribution is -0.120. The highest BCUT2D eigenvalue weighted by Gasteiger charge is 2.26. The first-order chi connectivity index (χ1) is 15.6. The van der Waals surface area contributed by atoms with Gasteiger partial charge in [0.05, 0.1) is 23.5 Å². The molecule has 2 amide bonds. The number of aryl methyl sites for hydroxylation is 1. The van der Waals surface area contributed by atoms with Gasteiger partial charge in [-0.25, -0.2) is 0 Å². The Balaban J connectivity index is 1.51. The fourth-order valence-electron chi connectivity index (χ4n) is 3.80. The Labute approximate surface area is 188 Å². The number of nitrogens with zero attached hydrogens (tertiary/aromatic N) is 2. The third-order valence-electron chi connectivity index (χ3n) is 5.51. The first kappa shape index (κ1) is 21.5. The summed E-state index contributed by atoms with van der Waals surface area (Å²) in [5.74, 6) is -0.389. The highest BCUT2D eigenvalue weighted by Crippen LogP contribution is 2.32. The zero-order chi connectivity index (χ0) is 22.3. The Morgan fingerprint density at radius 1 is 0.969 bits per heavy atom. The van der Waals surface area contributed by atoms with Gasteiger partial charge in [-0.3, -0.25) is 14.6 Å². The molecular formula is C27H27N3O2. The van der Waals surface area contributed by atoms with Crippen molar-refractivity contribution in [2.45, 2.75) is 32.6 Å². The lowest BCUT2D eigenvalue weighted by Crippen LogP contribution is -2.38. The molecule has 0 radical (unpaired) electrons. The number of aliphatic imine (C=N–C) groups is 1. The molecule has 0 spiro atoms. The summed E-state index contributed by atoms with van der Waals surface area (Å²) in [7, 11) is 0. The molecule has 0 saturated heterocycles. The van der Waals surface area contributed by atoms with Gasteiger partial charge in [0.1, 0.15) is 6.54 Å². The summed E-state index contributed by atoms with van der Waals surface area (Å²) in [6, 6.07) is 25.0. The standard InChI is InChI=1S/C27H27N3O2/c1-2-3-9-20-14-16-22(17-15-20)28-26(31)19-30-25-13-8-7-12-23(25)29-24(18-27(30)32)21-10-5-4-6-11-21/h4-8,10-17H,2-3,9,18-19H2,1H3,(H,28,31). The molecule has 0 bridgehead atoms. The zero-order valence-corrected chi connectivity index (χ0v) is 18.3.